The molecule has 0 bridgehead atoms. The van der Waals surface area contributed by atoms with Gasteiger partial charge in [0.25, 0.3) is 0 Å². The van der Waals surface area contributed by atoms with Crippen LogP contribution in [0.25, 0.3) is 0 Å². The van der Waals surface area contributed by atoms with Crippen molar-refractivity contribution < 1.29 is 0 Å². The molecule has 3 nitrogen and oxygen atoms in total. The van der Waals surface area contributed by atoms with Gasteiger partial charge in [-0.1, -0.05) is 12.2 Å². The summed E-state index contributed by atoms with van der Waals surface area (Å²) in [7, 11) is 0. The second kappa shape index (κ2) is 5.73. The van der Waals surface area contributed by atoms with Gasteiger partial charge in [0.2, 0.25) is 0 Å². The third-order valence-electron chi connectivity index (χ3n) is 3.78. The van der Waals surface area contributed by atoms with Gasteiger partial charge in [-0.05, 0) is 55.1 Å². The van der Waals surface area contributed by atoms with E-state index in [1.807, 2.05) is 13.8 Å². The Morgan fingerprint density at radius 2 is 2.24 bits per heavy atom. The summed E-state index contributed by atoms with van der Waals surface area (Å²) < 4.78 is 0. The van der Waals surface area contributed by atoms with E-state index in [1.54, 1.807) is 11.3 Å². The summed E-state index contributed by atoms with van der Waals surface area (Å²) in [6.45, 7) is 4.92. The Balaban J connectivity index is 2.04. The first-order chi connectivity index (χ1) is 10.1. The summed E-state index contributed by atoms with van der Waals surface area (Å²) in [6, 6.07) is 4.90. The summed E-state index contributed by atoms with van der Waals surface area (Å²) in [5, 5.41) is 4.33. The number of hydrogen-bond acceptors (Lipinski definition) is 4. The molecule has 1 fully saturated rings. The highest BCUT2D eigenvalue weighted by Crippen LogP contribution is 2.36. The zero-order valence-corrected chi connectivity index (χ0v) is 13.9. The molecule has 1 aliphatic rings. The lowest BCUT2D eigenvalue weighted by atomic mass is 10.1. The quantitative estimate of drug-likeness (QED) is 0.856. The van der Waals surface area contributed by atoms with Gasteiger partial charge in [-0.2, -0.15) is 11.3 Å². The summed E-state index contributed by atoms with van der Waals surface area (Å²) in [5.41, 5.74) is 11.3. The Morgan fingerprint density at radius 1 is 1.48 bits per heavy atom. The second-order valence-corrected chi connectivity index (χ2v) is 6.82. The molecule has 2 aromatic rings. The van der Waals surface area contributed by atoms with Crippen molar-refractivity contribution >= 4 is 34.2 Å². The molecule has 2 aromatic heterocycles. The fourth-order valence-corrected chi connectivity index (χ4v) is 3.63. The summed E-state index contributed by atoms with van der Waals surface area (Å²) >= 11 is 7.00. The van der Waals surface area contributed by atoms with Crippen molar-refractivity contribution in [1.29, 1.82) is 0 Å². The van der Waals surface area contributed by atoms with Crippen molar-refractivity contribution in [3.8, 4) is 0 Å². The average Bonchev–Trinajstić information content (AvgIpc) is 3.11. The Labute approximate surface area is 134 Å². The Kier molecular flexibility index (Phi) is 3.95. The Bertz CT molecular complexity index is 660. The molecule has 0 radical (unpaired) electrons. The maximum atomic E-state index is 5.96. The monoisotopic (exact) mass is 317 g/mol. The molecule has 1 aliphatic carbocycles. The number of nitrogens with two attached hydrogens (primary N) is 1. The van der Waals surface area contributed by atoms with Crippen LogP contribution in [0.1, 0.15) is 35.4 Å². The number of hydrogen-bond donors (Lipinski definition) is 1. The van der Waals surface area contributed by atoms with Crippen molar-refractivity contribution in [1.82, 2.24) is 4.98 Å². The van der Waals surface area contributed by atoms with E-state index in [0.717, 1.165) is 29.2 Å². The number of pyridine rings is 1. The second-order valence-electron chi connectivity index (χ2n) is 5.60. The standard InChI is InChI=1S/C16H19N3S2/c1-10-7-14(15(16(17)20)11(2)18-10)19(13-3-4-13)8-12-5-6-21-9-12/h5-7,9,13H,3-4,8H2,1-2H3,(H2,17,20). The van der Waals surface area contributed by atoms with Crippen molar-refractivity contribution in [3.05, 3.63) is 45.4 Å². The van der Waals surface area contributed by atoms with Crippen LogP contribution < -0.4 is 10.6 Å². The van der Waals surface area contributed by atoms with Gasteiger partial charge < -0.3 is 10.6 Å². The number of nitrogens with zero attached hydrogens (tertiary/aromatic N) is 2. The molecule has 0 amide bonds. The van der Waals surface area contributed by atoms with Crippen LogP contribution in [0.2, 0.25) is 0 Å². The molecule has 0 aliphatic heterocycles. The fourth-order valence-electron chi connectivity index (χ4n) is 2.72. The molecule has 21 heavy (non-hydrogen) atoms. The highest BCUT2D eigenvalue weighted by atomic mass is 32.1. The first-order valence-electron chi connectivity index (χ1n) is 7.12. The molecule has 5 heteroatoms. The third kappa shape index (κ3) is 3.09. The number of thiophene rings is 1. The van der Waals surface area contributed by atoms with Crippen LogP contribution in [0.15, 0.2) is 22.9 Å². The third-order valence-corrected chi connectivity index (χ3v) is 4.72. The maximum Gasteiger partial charge on any atom is 0.107 e. The van der Waals surface area contributed by atoms with Crippen molar-refractivity contribution in [3.63, 3.8) is 0 Å². The zero-order chi connectivity index (χ0) is 15.0. The van der Waals surface area contributed by atoms with Crippen LogP contribution in [0.4, 0.5) is 5.69 Å². The number of thiocarbonyl (C=S) groups is 1. The van der Waals surface area contributed by atoms with Gasteiger partial charge in [0.05, 0.1) is 11.3 Å². The maximum absolute atomic E-state index is 5.96. The highest BCUT2D eigenvalue weighted by molar-refractivity contribution is 7.80. The molecule has 0 aromatic carbocycles. The SMILES string of the molecule is Cc1cc(N(Cc2ccsc2)C2CC2)c(C(N)=S)c(C)n1. The molecular weight excluding hydrogens is 298 g/mol. The largest absolute Gasteiger partial charge is 0.389 e. The lowest BCUT2D eigenvalue weighted by Crippen LogP contribution is -2.28. The number of aryl methyl sites for hydroxylation is 2. The minimum atomic E-state index is 0.436. The number of aromatic nitrogens is 1. The van der Waals surface area contributed by atoms with Crippen molar-refractivity contribution in [2.45, 2.75) is 39.3 Å². The van der Waals surface area contributed by atoms with Crippen LogP contribution in [0.3, 0.4) is 0 Å². The Morgan fingerprint density at radius 3 is 2.81 bits per heavy atom. The predicted octanol–water partition coefficient (Wildman–Crippen LogP) is 3.56. The first-order valence-corrected chi connectivity index (χ1v) is 8.47. The molecule has 1 saturated carbocycles. The van der Waals surface area contributed by atoms with E-state index in [9.17, 15) is 0 Å². The van der Waals surface area contributed by atoms with Gasteiger partial charge in [0.15, 0.2) is 0 Å². The van der Waals surface area contributed by atoms with Crippen molar-refractivity contribution in [2.24, 2.45) is 5.73 Å². The minimum Gasteiger partial charge on any atom is -0.389 e. The summed E-state index contributed by atoms with van der Waals surface area (Å²) in [6.07, 6.45) is 2.47. The molecule has 110 valence electrons. The van der Waals surface area contributed by atoms with Crippen LogP contribution in [0, 0.1) is 13.8 Å². The lowest BCUT2D eigenvalue weighted by Gasteiger charge is -2.27. The zero-order valence-electron chi connectivity index (χ0n) is 12.3. The van der Waals surface area contributed by atoms with Crippen LogP contribution in [-0.4, -0.2) is 16.0 Å². The first kappa shape index (κ1) is 14.5. The normalized spacial score (nSPS) is 14.2. The van der Waals surface area contributed by atoms with E-state index in [4.69, 9.17) is 18.0 Å². The molecular formula is C16H19N3S2. The minimum absolute atomic E-state index is 0.436. The van der Waals surface area contributed by atoms with Gasteiger partial charge >= 0.3 is 0 Å². The lowest BCUT2D eigenvalue weighted by molar-refractivity contribution is 0.792. The fraction of sp³-hybridized carbons (Fsp3) is 0.375. The van der Waals surface area contributed by atoms with E-state index >= 15 is 0 Å². The number of anilines is 1. The topological polar surface area (TPSA) is 42.1 Å². The van der Waals surface area contributed by atoms with E-state index in [2.05, 4.69) is 32.8 Å². The molecule has 2 N–H and O–H groups in total. The van der Waals surface area contributed by atoms with E-state index < -0.39 is 0 Å². The molecule has 0 saturated heterocycles. The number of rotatable bonds is 5. The Hall–Kier alpha value is -1.46. The van der Waals surface area contributed by atoms with Crippen LogP contribution in [-0.2, 0) is 6.54 Å². The molecule has 0 spiro atoms. The summed E-state index contributed by atoms with van der Waals surface area (Å²) in [4.78, 5) is 7.40. The van der Waals surface area contributed by atoms with Crippen LogP contribution in [0.5, 0.6) is 0 Å². The molecule has 0 atom stereocenters. The molecule has 3 rings (SSSR count). The van der Waals surface area contributed by atoms with Crippen molar-refractivity contribution in [2.75, 3.05) is 4.90 Å². The summed E-state index contributed by atoms with van der Waals surface area (Å²) in [5.74, 6) is 0. The van der Waals surface area contributed by atoms with Gasteiger partial charge in [0, 0.05) is 24.0 Å². The van der Waals surface area contributed by atoms with E-state index in [1.165, 1.54) is 18.4 Å². The van der Waals surface area contributed by atoms with E-state index in [0.29, 0.717) is 11.0 Å². The van der Waals surface area contributed by atoms with Crippen LogP contribution >= 0.6 is 23.6 Å². The van der Waals surface area contributed by atoms with Gasteiger partial charge in [0.1, 0.15) is 4.99 Å². The van der Waals surface area contributed by atoms with Gasteiger partial charge in [-0.3, -0.25) is 4.98 Å². The average molecular weight is 317 g/mol. The van der Waals surface area contributed by atoms with Gasteiger partial charge in [-0.25, -0.2) is 0 Å². The molecule has 0 unspecified atom stereocenters. The van der Waals surface area contributed by atoms with E-state index in [-0.39, 0.29) is 0 Å². The van der Waals surface area contributed by atoms with Gasteiger partial charge in [-0.15, -0.1) is 0 Å². The smallest absolute Gasteiger partial charge is 0.107 e. The predicted molar refractivity (Wildman–Crippen MR) is 93.1 cm³/mol. The molecule has 2 heterocycles. The highest BCUT2D eigenvalue weighted by Gasteiger charge is 2.31.